The molecule has 0 amide bonds. The van der Waals surface area contributed by atoms with Gasteiger partial charge in [-0.3, -0.25) is 0 Å². The molecule has 0 aliphatic carbocycles. The van der Waals surface area contributed by atoms with Gasteiger partial charge in [-0.25, -0.2) is 0 Å². The van der Waals surface area contributed by atoms with E-state index in [0.717, 1.165) is 17.1 Å². The van der Waals surface area contributed by atoms with Gasteiger partial charge in [0.05, 0.1) is 6.21 Å². The first kappa shape index (κ1) is 17.3. The van der Waals surface area contributed by atoms with Gasteiger partial charge in [0, 0.05) is 15.6 Å². The predicted octanol–water partition coefficient (Wildman–Crippen LogP) is 6.34. The molecule has 3 rings (SSSR count). The largest absolute Gasteiger partial charge is 0.457 e. The second-order valence-corrected chi connectivity index (χ2v) is 6.01. The molecule has 3 aromatic carbocycles. The quantitative estimate of drug-likeness (QED) is 0.374. The number of oxime groups is 1. The molecule has 5 heteroatoms. The molecule has 0 spiro atoms. The molecule has 0 radical (unpaired) electrons. The summed E-state index contributed by atoms with van der Waals surface area (Å²) < 4.78 is 5.79. The highest BCUT2D eigenvalue weighted by Gasteiger charge is 2.05. The number of rotatable bonds is 6. The molecule has 0 bridgehead atoms. The molecular formula is C20H15Cl2NO2. The van der Waals surface area contributed by atoms with E-state index in [2.05, 4.69) is 5.16 Å². The zero-order valence-electron chi connectivity index (χ0n) is 13.2. The van der Waals surface area contributed by atoms with Crippen LogP contribution in [0.3, 0.4) is 0 Å². The molecule has 0 aromatic heterocycles. The van der Waals surface area contributed by atoms with Gasteiger partial charge in [0.2, 0.25) is 0 Å². The van der Waals surface area contributed by atoms with Crippen molar-refractivity contribution in [1.82, 2.24) is 0 Å². The molecule has 126 valence electrons. The average Bonchev–Trinajstić information content (AvgIpc) is 2.62. The lowest BCUT2D eigenvalue weighted by molar-refractivity contribution is 0.132. The van der Waals surface area contributed by atoms with Gasteiger partial charge in [-0.15, -0.1) is 0 Å². The molecule has 0 fully saturated rings. The van der Waals surface area contributed by atoms with Gasteiger partial charge in [0.15, 0.2) is 0 Å². The highest BCUT2D eigenvalue weighted by atomic mass is 35.5. The van der Waals surface area contributed by atoms with Crippen molar-refractivity contribution in [3.05, 3.63) is 94.0 Å². The third-order valence-electron chi connectivity index (χ3n) is 3.38. The van der Waals surface area contributed by atoms with Crippen molar-refractivity contribution in [2.24, 2.45) is 5.16 Å². The second-order valence-electron chi connectivity index (χ2n) is 5.20. The molecule has 0 unspecified atom stereocenters. The lowest BCUT2D eigenvalue weighted by atomic mass is 10.2. The first-order valence-electron chi connectivity index (χ1n) is 7.63. The Morgan fingerprint density at radius 2 is 1.48 bits per heavy atom. The van der Waals surface area contributed by atoms with Crippen LogP contribution in [-0.4, -0.2) is 6.21 Å². The van der Waals surface area contributed by atoms with E-state index in [1.807, 2.05) is 54.6 Å². The molecule has 0 atom stereocenters. The number of para-hydroxylation sites is 1. The van der Waals surface area contributed by atoms with Crippen molar-refractivity contribution in [3.8, 4) is 11.5 Å². The summed E-state index contributed by atoms with van der Waals surface area (Å²) in [5.74, 6) is 1.51. The summed E-state index contributed by atoms with van der Waals surface area (Å²) in [6.45, 7) is 0.204. The molecule has 25 heavy (non-hydrogen) atoms. The van der Waals surface area contributed by atoms with Crippen LogP contribution in [0, 0.1) is 0 Å². The molecule has 3 aromatic rings. The smallest absolute Gasteiger partial charge is 0.145 e. The topological polar surface area (TPSA) is 30.8 Å². The summed E-state index contributed by atoms with van der Waals surface area (Å²) in [6, 6.07) is 22.5. The standard InChI is InChI=1S/C20H15Cl2NO2/c21-19-10-5-11-20(22)18(19)14-24-23-13-15-6-4-9-17(12-15)25-16-7-2-1-3-8-16/h1-13H,14H2. The molecule has 0 saturated carbocycles. The Hall–Kier alpha value is -2.49. The maximum absolute atomic E-state index is 6.09. The van der Waals surface area contributed by atoms with Gasteiger partial charge in [-0.2, -0.15) is 0 Å². The van der Waals surface area contributed by atoms with Crippen molar-refractivity contribution >= 4 is 29.4 Å². The van der Waals surface area contributed by atoms with Crippen LogP contribution in [0.4, 0.5) is 0 Å². The van der Waals surface area contributed by atoms with Gasteiger partial charge in [-0.1, -0.05) is 64.8 Å². The lowest BCUT2D eigenvalue weighted by Crippen LogP contribution is -1.91. The van der Waals surface area contributed by atoms with E-state index in [1.54, 1.807) is 24.4 Å². The van der Waals surface area contributed by atoms with Crippen LogP contribution >= 0.6 is 23.2 Å². The van der Waals surface area contributed by atoms with Gasteiger partial charge in [-0.05, 0) is 42.0 Å². The molecule has 0 heterocycles. The second kappa shape index (κ2) is 8.56. The predicted molar refractivity (Wildman–Crippen MR) is 102 cm³/mol. The van der Waals surface area contributed by atoms with Gasteiger partial charge in [0.25, 0.3) is 0 Å². The monoisotopic (exact) mass is 371 g/mol. The van der Waals surface area contributed by atoms with E-state index in [0.29, 0.717) is 15.6 Å². The van der Waals surface area contributed by atoms with Crippen LogP contribution in [0.2, 0.25) is 10.0 Å². The maximum atomic E-state index is 6.09. The first-order chi connectivity index (χ1) is 12.2. The van der Waals surface area contributed by atoms with Crippen LogP contribution in [-0.2, 0) is 11.4 Å². The number of hydrogen-bond donors (Lipinski definition) is 0. The van der Waals surface area contributed by atoms with Crippen LogP contribution in [0.25, 0.3) is 0 Å². The highest BCUT2D eigenvalue weighted by molar-refractivity contribution is 6.35. The summed E-state index contributed by atoms with van der Waals surface area (Å²) in [7, 11) is 0. The van der Waals surface area contributed by atoms with Crippen molar-refractivity contribution in [2.75, 3.05) is 0 Å². The third-order valence-corrected chi connectivity index (χ3v) is 4.09. The average molecular weight is 372 g/mol. The SMILES string of the molecule is Clc1cccc(Cl)c1CON=Cc1cccc(Oc2ccccc2)c1. The van der Waals surface area contributed by atoms with Crippen molar-refractivity contribution < 1.29 is 9.57 Å². The molecule has 0 aliphatic rings. The highest BCUT2D eigenvalue weighted by Crippen LogP contribution is 2.25. The Labute approximate surface area is 156 Å². The van der Waals surface area contributed by atoms with E-state index in [-0.39, 0.29) is 6.61 Å². The van der Waals surface area contributed by atoms with E-state index in [1.165, 1.54) is 0 Å². The van der Waals surface area contributed by atoms with Crippen LogP contribution in [0.1, 0.15) is 11.1 Å². The molecule has 3 nitrogen and oxygen atoms in total. The molecule has 0 N–H and O–H groups in total. The number of hydrogen-bond acceptors (Lipinski definition) is 3. The van der Waals surface area contributed by atoms with Crippen LogP contribution < -0.4 is 4.74 Å². The number of nitrogens with zero attached hydrogens (tertiary/aromatic N) is 1. The Balaban J connectivity index is 1.61. The van der Waals surface area contributed by atoms with Crippen molar-refractivity contribution in [2.45, 2.75) is 6.61 Å². The Morgan fingerprint density at radius 3 is 2.24 bits per heavy atom. The molecule has 0 saturated heterocycles. The molecular weight excluding hydrogens is 357 g/mol. The maximum Gasteiger partial charge on any atom is 0.145 e. The summed E-state index contributed by atoms with van der Waals surface area (Å²) in [6.07, 6.45) is 1.61. The number of halogens is 2. The van der Waals surface area contributed by atoms with Crippen molar-refractivity contribution in [1.29, 1.82) is 0 Å². The zero-order valence-corrected chi connectivity index (χ0v) is 14.7. The van der Waals surface area contributed by atoms with E-state index in [4.69, 9.17) is 32.8 Å². The van der Waals surface area contributed by atoms with Gasteiger partial charge >= 0.3 is 0 Å². The zero-order chi connectivity index (χ0) is 17.5. The summed E-state index contributed by atoms with van der Waals surface area (Å²) in [5.41, 5.74) is 1.57. The third kappa shape index (κ3) is 4.99. The van der Waals surface area contributed by atoms with E-state index in [9.17, 15) is 0 Å². The van der Waals surface area contributed by atoms with Crippen molar-refractivity contribution in [3.63, 3.8) is 0 Å². The number of ether oxygens (including phenoxy) is 1. The summed E-state index contributed by atoms with van der Waals surface area (Å²) >= 11 is 12.2. The lowest BCUT2D eigenvalue weighted by Gasteiger charge is -2.06. The number of benzene rings is 3. The van der Waals surface area contributed by atoms with Crippen LogP contribution in [0.5, 0.6) is 11.5 Å². The Bertz CT molecular complexity index is 846. The normalized spacial score (nSPS) is 10.8. The fourth-order valence-corrected chi connectivity index (χ4v) is 2.66. The van der Waals surface area contributed by atoms with Gasteiger partial charge < -0.3 is 9.57 Å². The minimum atomic E-state index is 0.204. The minimum Gasteiger partial charge on any atom is -0.457 e. The Morgan fingerprint density at radius 1 is 0.800 bits per heavy atom. The van der Waals surface area contributed by atoms with E-state index >= 15 is 0 Å². The van der Waals surface area contributed by atoms with Crippen LogP contribution in [0.15, 0.2) is 78.0 Å². The Kier molecular flexibility index (Phi) is 5.94. The van der Waals surface area contributed by atoms with E-state index < -0.39 is 0 Å². The van der Waals surface area contributed by atoms with Gasteiger partial charge in [0.1, 0.15) is 18.1 Å². The minimum absolute atomic E-state index is 0.204. The summed E-state index contributed by atoms with van der Waals surface area (Å²) in [5, 5.41) is 5.08. The molecule has 0 aliphatic heterocycles. The fourth-order valence-electron chi connectivity index (χ4n) is 2.15. The first-order valence-corrected chi connectivity index (χ1v) is 8.39. The fraction of sp³-hybridized carbons (Fsp3) is 0.0500. The summed E-state index contributed by atoms with van der Waals surface area (Å²) in [4.78, 5) is 5.30.